The number of carbonyl (C=O) groups is 1. The molecule has 2 rings (SSSR count). The highest BCUT2D eigenvalue weighted by molar-refractivity contribution is 7.99. The van der Waals surface area contributed by atoms with Gasteiger partial charge in [-0.1, -0.05) is 11.8 Å². The van der Waals surface area contributed by atoms with E-state index in [0.29, 0.717) is 12.3 Å². The lowest BCUT2D eigenvalue weighted by Gasteiger charge is -2.14. The van der Waals surface area contributed by atoms with Gasteiger partial charge in [0.05, 0.1) is 12.3 Å². The maximum atomic E-state index is 11.9. The molecule has 1 amide bonds. The fourth-order valence-corrected chi connectivity index (χ4v) is 3.00. The number of amides is 1. The Morgan fingerprint density at radius 3 is 2.72 bits per heavy atom. The maximum absolute atomic E-state index is 11.9. The van der Waals surface area contributed by atoms with Crippen LogP contribution in [-0.2, 0) is 17.9 Å². The highest BCUT2D eigenvalue weighted by Crippen LogP contribution is 2.18. The lowest BCUT2D eigenvalue weighted by atomic mass is 10.4. The van der Waals surface area contributed by atoms with Gasteiger partial charge in [-0.25, -0.2) is 0 Å². The Hall–Kier alpha value is -1.08. The van der Waals surface area contributed by atoms with Gasteiger partial charge in [-0.15, -0.1) is 10.2 Å². The molecule has 1 aromatic rings. The van der Waals surface area contributed by atoms with E-state index in [-0.39, 0.29) is 5.91 Å². The molecule has 1 aliphatic heterocycles. The second-order valence-electron chi connectivity index (χ2n) is 4.22. The predicted octanol–water partition coefficient (Wildman–Crippen LogP) is 0.471. The quantitative estimate of drug-likeness (QED) is 0.786. The molecular formula is C11H19N5OS. The molecule has 1 saturated heterocycles. The Morgan fingerprint density at radius 2 is 2.11 bits per heavy atom. The Bertz CT molecular complexity index is 414. The highest BCUT2D eigenvalue weighted by Gasteiger charge is 2.19. The molecule has 0 unspecified atom stereocenters. The van der Waals surface area contributed by atoms with Gasteiger partial charge in [0.2, 0.25) is 5.91 Å². The third-order valence-corrected chi connectivity index (χ3v) is 4.03. The van der Waals surface area contributed by atoms with Crippen molar-refractivity contribution in [1.29, 1.82) is 0 Å². The van der Waals surface area contributed by atoms with Crippen LogP contribution >= 0.6 is 11.8 Å². The van der Waals surface area contributed by atoms with E-state index in [1.165, 1.54) is 11.8 Å². The van der Waals surface area contributed by atoms with Crippen LogP contribution in [0.2, 0.25) is 0 Å². The highest BCUT2D eigenvalue weighted by atomic mass is 32.2. The first-order valence-corrected chi connectivity index (χ1v) is 7.27. The summed E-state index contributed by atoms with van der Waals surface area (Å²) in [4.78, 5) is 13.8. The predicted molar refractivity (Wildman–Crippen MR) is 70.1 cm³/mol. The first-order chi connectivity index (χ1) is 8.76. The maximum Gasteiger partial charge on any atom is 0.233 e. The number of rotatable bonds is 5. The topological polar surface area (TPSA) is 77.0 Å². The van der Waals surface area contributed by atoms with Crippen molar-refractivity contribution in [2.45, 2.75) is 38.0 Å². The zero-order valence-corrected chi connectivity index (χ0v) is 11.4. The molecule has 0 atom stereocenters. The summed E-state index contributed by atoms with van der Waals surface area (Å²) < 4.78 is 1.96. The summed E-state index contributed by atoms with van der Waals surface area (Å²) in [6.07, 6.45) is 2.25. The zero-order chi connectivity index (χ0) is 13.0. The number of carbonyl (C=O) groups excluding carboxylic acids is 1. The van der Waals surface area contributed by atoms with Crippen molar-refractivity contribution in [1.82, 2.24) is 19.7 Å². The molecule has 0 bridgehead atoms. The van der Waals surface area contributed by atoms with Crippen LogP contribution in [0.4, 0.5) is 0 Å². The second kappa shape index (κ2) is 6.19. The molecule has 100 valence electrons. The van der Waals surface area contributed by atoms with Gasteiger partial charge < -0.3 is 15.2 Å². The number of hydrogen-bond acceptors (Lipinski definition) is 5. The molecule has 1 aromatic heterocycles. The van der Waals surface area contributed by atoms with E-state index >= 15 is 0 Å². The third kappa shape index (κ3) is 2.84. The molecular weight excluding hydrogens is 250 g/mol. The van der Waals surface area contributed by atoms with E-state index in [1.54, 1.807) is 0 Å². The minimum Gasteiger partial charge on any atom is -0.342 e. The number of nitrogens with zero attached hydrogens (tertiary/aromatic N) is 4. The first-order valence-electron chi connectivity index (χ1n) is 6.29. The summed E-state index contributed by atoms with van der Waals surface area (Å²) in [6, 6.07) is 0. The van der Waals surface area contributed by atoms with Gasteiger partial charge in [0.25, 0.3) is 0 Å². The van der Waals surface area contributed by atoms with Crippen molar-refractivity contribution in [2.24, 2.45) is 5.73 Å². The van der Waals surface area contributed by atoms with Crippen LogP contribution in [0.25, 0.3) is 0 Å². The van der Waals surface area contributed by atoms with Crippen LogP contribution in [-0.4, -0.2) is 44.4 Å². The number of likely N-dealkylation sites (tertiary alicyclic amines) is 1. The molecule has 2 N–H and O–H groups in total. The second-order valence-corrected chi connectivity index (χ2v) is 5.17. The van der Waals surface area contributed by atoms with E-state index in [9.17, 15) is 4.79 Å². The van der Waals surface area contributed by atoms with Gasteiger partial charge in [0.15, 0.2) is 5.16 Å². The smallest absolute Gasteiger partial charge is 0.233 e. The fraction of sp³-hybridized carbons (Fsp3) is 0.727. The van der Waals surface area contributed by atoms with Gasteiger partial charge >= 0.3 is 0 Å². The van der Waals surface area contributed by atoms with Gasteiger partial charge in [0, 0.05) is 19.6 Å². The fourth-order valence-electron chi connectivity index (χ4n) is 2.08. The average molecular weight is 269 g/mol. The van der Waals surface area contributed by atoms with Crippen LogP contribution in [0.5, 0.6) is 0 Å². The van der Waals surface area contributed by atoms with Crippen LogP contribution in [0, 0.1) is 0 Å². The number of hydrogen-bond donors (Lipinski definition) is 1. The standard InChI is InChI=1S/C11H19N5OS/c1-2-16-9(7-12)13-14-11(16)18-8-10(17)15-5-3-4-6-15/h2-8,12H2,1H3. The molecule has 2 heterocycles. The summed E-state index contributed by atoms with van der Waals surface area (Å²) in [5.74, 6) is 1.40. The van der Waals surface area contributed by atoms with Crippen molar-refractivity contribution in [3.63, 3.8) is 0 Å². The van der Waals surface area contributed by atoms with E-state index in [0.717, 1.165) is 43.5 Å². The summed E-state index contributed by atoms with van der Waals surface area (Å²) in [5.41, 5.74) is 5.59. The van der Waals surface area contributed by atoms with Gasteiger partial charge in [-0.2, -0.15) is 0 Å². The SMILES string of the molecule is CCn1c(CN)nnc1SCC(=O)N1CCCC1. The molecule has 0 radical (unpaired) electrons. The zero-order valence-electron chi connectivity index (χ0n) is 10.6. The molecule has 6 nitrogen and oxygen atoms in total. The lowest BCUT2D eigenvalue weighted by molar-refractivity contribution is -0.127. The van der Waals surface area contributed by atoms with E-state index in [2.05, 4.69) is 10.2 Å². The van der Waals surface area contributed by atoms with Gasteiger partial charge in [-0.3, -0.25) is 4.79 Å². The third-order valence-electron chi connectivity index (χ3n) is 3.08. The van der Waals surface area contributed by atoms with Crippen molar-refractivity contribution in [3.05, 3.63) is 5.82 Å². The Morgan fingerprint density at radius 1 is 1.39 bits per heavy atom. The summed E-state index contributed by atoms with van der Waals surface area (Å²) in [6.45, 7) is 4.97. The summed E-state index contributed by atoms with van der Waals surface area (Å²) >= 11 is 1.45. The van der Waals surface area contributed by atoms with Gasteiger partial charge in [0.1, 0.15) is 5.82 Å². The molecule has 1 aliphatic rings. The molecule has 0 spiro atoms. The van der Waals surface area contributed by atoms with Crippen molar-refractivity contribution < 1.29 is 4.79 Å². The van der Waals surface area contributed by atoms with Crippen molar-refractivity contribution >= 4 is 17.7 Å². The number of aromatic nitrogens is 3. The number of thioether (sulfide) groups is 1. The van der Waals surface area contributed by atoms with Crippen LogP contribution < -0.4 is 5.73 Å². The Labute approximate surface area is 111 Å². The molecule has 7 heteroatoms. The van der Waals surface area contributed by atoms with Crippen molar-refractivity contribution in [3.8, 4) is 0 Å². The van der Waals surface area contributed by atoms with E-state index in [1.807, 2.05) is 16.4 Å². The normalized spacial score (nSPS) is 15.3. The molecule has 0 aromatic carbocycles. The Balaban J connectivity index is 1.93. The van der Waals surface area contributed by atoms with Crippen LogP contribution in [0.1, 0.15) is 25.6 Å². The van der Waals surface area contributed by atoms with E-state index < -0.39 is 0 Å². The van der Waals surface area contributed by atoms with Gasteiger partial charge in [-0.05, 0) is 19.8 Å². The average Bonchev–Trinajstić information content (AvgIpc) is 3.04. The summed E-state index contributed by atoms with van der Waals surface area (Å²) in [7, 11) is 0. The molecule has 0 saturated carbocycles. The minimum atomic E-state index is 0.192. The molecule has 0 aliphatic carbocycles. The largest absolute Gasteiger partial charge is 0.342 e. The van der Waals surface area contributed by atoms with Crippen LogP contribution in [0.3, 0.4) is 0 Å². The van der Waals surface area contributed by atoms with E-state index in [4.69, 9.17) is 5.73 Å². The monoisotopic (exact) mass is 269 g/mol. The minimum absolute atomic E-state index is 0.192. The lowest BCUT2D eigenvalue weighted by Crippen LogP contribution is -2.29. The summed E-state index contributed by atoms with van der Waals surface area (Å²) in [5, 5.41) is 8.89. The number of nitrogens with two attached hydrogens (primary N) is 1. The first kappa shape index (κ1) is 13.4. The molecule has 18 heavy (non-hydrogen) atoms. The Kier molecular flexibility index (Phi) is 4.60. The molecule has 1 fully saturated rings. The van der Waals surface area contributed by atoms with Crippen LogP contribution in [0.15, 0.2) is 5.16 Å². The van der Waals surface area contributed by atoms with Crippen molar-refractivity contribution in [2.75, 3.05) is 18.8 Å².